The molecule has 21 heavy (non-hydrogen) atoms. The summed E-state index contributed by atoms with van der Waals surface area (Å²) in [7, 11) is 0. The van der Waals surface area contributed by atoms with Crippen molar-refractivity contribution in [1.82, 2.24) is 0 Å². The third kappa shape index (κ3) is 5.25. The number of halogens is 3. The predicted octanol–water partition coefficient (Wildman–Crippen LogP) is -2.86. The molecule has 1 aromatic rings. The summed E-state index contributed by atoms with van der Waals surface area (Å²) in [6, 6.07) is 6.42. The molecule has 1 heterocycles. The Balaban J connectivity index is 0.000000437. The Hall–Kier alpha value is 0.473. The predicted molar refractivity (Wildman–Crippen MR) is 82.0 cm³/mol. The van der Waals surface area contributed by atoms with E-state index in [0.29, 0.717) is 5.25 Å². The molecule has 2 aliphatic carbocycles. The van der Waals surface area contributed by atoms with Crippen molar-refractivity contribution < 1.29 is 51.0 Å². The van der Waals surface area contributed by atoms with Gasteiger partial charge in [-0.2, -0.15) is 16.9 Å². The van der Waals surface area contributed by atoms with Crippen LogP contribution < -0.4 is 35.3 Å². The van der Waals surface area contributed by atoms with E-state index in [1.54, 1.807) is 0 Å². The number of benzene rings is 1. The zero-order valence-electron chi connectivity index (χ0n) is 10.9. The fourth-order valence-electron chi connectivity index (χ4n) is 2.09. The number of allylic oxidation sites excluding steroid dienone is 5. The fourth-order valence-corrected chi connectivity index (χ4v) is 3.37. The zero-order valence-corrected chi connectivity index (χ0v) is 17.3. The Morgan fingerprint density at radius 3 is 2.67 bits per heavy atom. The average molecular weight is 477 g/mol. The van der Waals surface area contributed by atoms with E-state index in [2.05, 4.69) is 63.8 Å². The molecule has 1 atom stereocenters. The van der Waals surface area contributed by atoms with E-state index in [4.69, 9.17) is 0 Å². The maximum atomic E-state index is 3.48. The van der Waals surface area contributed by atoms with Gasteiger partial charge in [0.2, 0.25) is 0 Å². The molecule has 3 aliphatic rings. The first-order valence-corrected chi connectivity index (χ1v) is 7.55. The summed E-state index contributed by atoms with van der Waals surface area (Å²) in [5.41, 5.74) is 1.34. The third-order valence-electron chi connectivity index (χ3n) is 2.93. The van der Waals surface area contributed by atoms with Crippen molar-refractivity contribution in [3.63, 3.8) is 0 Å². The number of hydrogen-bond donors (Lipinski definition) is 0. The van der Waals surface area contributed by atoms with E-state index < -0.39 is 0 Å². The standard InChI is InChI=1S/C11H6BrS.C5H5.2ClH.Zr/c12-8-1-2-9-7(5-8)6-11-10(9)3-4-13-11;1-2-4-5-3-1;;;/h1-2,4-6,11H;1-3H,4H2;2*1H;/q2*-1;;;+4/p-2. The van der Waals surface area contributed by atoms with E-state index in [9.17, 15) is 0 Å². The summed E-state index contributed by atoms with van der Waals surface area (Å²) in [6.07, 6.45) is 15.6. The minimum atomic E-state index is 0. The molecule has 1 aromatic carbocycles. The molecule has 0 amide bonds. The smallest absolute Gasteiger partial charge is 1.00 e. The summed E-state index contributed by atoms with van der Waals surface area (Å²) in [5.74, 6) is 0. The Bertz CT molecular complexity index is 670. The molecule has 106 valence electrons. The van der Waals surface area contributed by atoms with Gasteiger partial charge in [0.25, 0.3) is 0 Å². The van der Waals surface area contributed by atoms with Gasteiger partial charge in [-0.15, -0.1) is 34.9 Å². The molecule has 0 fully saturated rings. The number of hydrogen-bond acceptors (Lipinski definition) is 1. The van der Waals surface area contributed by atoms with Crippen molar-refractivity contribution in [3.8, 4) is 0 Å². The van der Waals surface area contributed by atoms with Crippen molar-refractivity contribution in [1.29, 1.82) is 0 Å². The second-order valence-electron chi connectivity index (χ2n) is 4.13. The van der Waals surface area contributed by atoms with Crippen LogP contribution in [0.3, 0.4) is 0 Å². The van der Waals surface area contributed by atoms with Gasteiger partial charge in [0.1, 0.15) is 0 Å². The normalized spacial score (nSPS) is 18.3. The molecule has 0 saturated carbocycles. The van der Waals surface area contributed by atoms with Crippen LogP contribution in [0.5, 0.6) is 0 Å². The van der Waals surface area contributed by atoms with E-state index in [0.717, 1.165) is 10.9 Å². The topological polar surface area (TPSA) is 0 Å². The molecule has 0 saturated heterocycles. The van der Waals surface area contributed by atoms with Gasteiger partial charge in [-0.05, 0) is 0 Å². The van der Waals surface area contributed by atoms with Crippen LogP contribution in [0, 0.1) is 12.2 Å². The molecule has 0 N–H and O–H groups in total. The largest absolute Gasteiger partial charge is 4.00 e. The van der Waals surface area contributed by atoms with Crippen molar-refractivity contribution in [2.45, 2.75) is 11.7 Å². The molecule has 0 radical (unpaired) electrons. The number of thioether (sulfide) groups is 1. The molecule has 5 heteroatoms. The van der Waals surface area contributed by atoms with E-state index >= 15 is 0 Å². The number of fused-ring (bicyclic) bond motifs is 2. The Kier molecular flexibility index (Phi) is 10.5. The van der Waals surface area contributed by atoms with Gasteiger partial charge in [0.05, 0.1) is 0 Å². The maximum Gasteiger partial charge on any atom is 4.00 e. The van der Waals surface area contributed by atoms with Crippen LogP contribution in [0.1, 0.15) is 6.42 Å². The van der Waals surface area contributed by atoms with Gasteiger partial charge in [-0.1, -0.05) is 34.1 Å². The first-order valence-electron chi connectivity index (χ1n) is 5.81. The maximum absolute atomic E-state index is 3.48. The molecule has 0 spiro atoms. The van der Waals surface area contributed by atoms with Crippen LogP contribution >= 0.6 is 27.7 Å². The van der Waals surface area contributed by atoms with Crippen LogP contribution in [0.4, 0.5) is 0 Å². The number of rotatable bonds is 0. The zero-order chi connectivity index (χ0) is 12.4. The van der Waals surface area contributed by atoms with Crippen LogP contribution in [0.2, 0.25) is 0 Å². The van der Waals surface area contributed by atoms with Crippen molar-refractivity contribution in [3.05, 3.63) is 68.9 Å². The fraction of sp³-hybridized carbons (Fsp3) is 0.125. The molecule has 1 aliphatic heterocycles. The summed E-state index contributed by atoms with van der Waals surface area (Å²) in [5, 5.41) is 5.25. The van der Waals surface area contributed by atoms with Gasteiger partial charge in [0.15, 0.2) is 0 Å². The molecular weight excluding hydrogens is 466 g/mol. The van der Waals surface area contributed by atoms with Crippen LogP contribution in [-0.2, 0) is 26.2 Å². The Morgan fingerprint density at radius 1 is 1.24 bits per heavy atom. The molecule has 0 bridgehead atoms. The second-order valence-corrected chi connectivity index (χ2v) is 6.07. The summed E-state index contributed by atoms with van der Waals surface area (Å²) in [6.45, 7) is 0. The summed E-state index contributed by atoms with van der Waals surface area (Å²) < 4.78 is 1.15. The van der Waals surface area contributed by atoms with E-state index in [1.165, 1.54) is 16.0 Å². The van der Waals surface area contributed by atoms with E-state index in [1.807, 2.05) is 23.9 Å². The summed E-state index contributed by atoms with van der Waals surface area (Å²) in [4.78, 5) is 0. The third-order valence-corrected chi connectivity index (χ3v) is 4.35. The van der Waals surface area contributed by atoms with Crippen LogP contribution in [0.25, 0.3) is 11.6 Å². The van der Waals surface area contributed by atoms with Crippen molar-refractivity contribution >= 4 is 39.3 Å². The van der Waals surface area contributed by atoms with Gasteiger partial charge < -0.3 is 24.8 Å². The monoisotopic (exact) mass is 474 g/mol. The average Bonchev–Trinajstić information content (AvgIpc) is 3.07. The molecule has 0 nitrogen and oxygen atoms in total. The molecule has 0 aromatic heterocycles. The van der Waals surface area contributed by atoms with E-state index in [-0.39, 0.29) is 51.0 Å². The molecule has 1 unspecified atom stereocenters. The van der Waals surface area contributed by atoms with Crippen LogP contribution in [-0.4, -0.2) is 5.25 Å². The SMILES string of the molecule is Brc1ccc2c(c1)=CC1SC=[C-]C=21.[C-]1=CC=CC1.[Cl-].[Cl-].[Zr+4]. The first-order chi connectivity index (χ1) is 8.84. The first kappa shape index (κ1) is 21.5. The Labute approximate surface area is 169 Å². The second kappa shape index (κ2) is 10.3. The quantitative estimate of drug-likeness (QED) is 0.363. The minimum absolute atomic E-state index is 0. The van der Waals surface area contributed by atoms with Gasteiger partial charge in [-0.25, -0.2) is 18.2 Å². The van der Waals surface area contributed by atoms with Crippen LogP contribution in [0.15, 0.2) is 46.3 Å². The van der Waals surface area contributed by atoms with Crippen molar-refractivity contribution in [2.24, 2.45) is 0 Å². The summed E-state index contributed by atoms with van der Waals surface area (Å²) >= 11 is 5.31. The van der Waals surface area contributed by atoms with Gasteiger partial charge in [0, 0.05) is 9.72 Å². The molecular formula is C16H11BrCl2SZr. The van der Waals surface area contributed by atoms with Gasteiger partial charge in [-0.3, -0.25) is 6.08 Å². The Morgan fingerprint density at radius 2 is 2.05 bits per heavy atom. The minimum Gasteiger partial charge on any atom is -1.00 e. The van der Waals surface area contributed by atoms with Crippen molar-refractivity contribution in [2.75, 3.05) is 0 Å². The van der Waals surface area contributed by atoms with Gasteiger partial charge >= 0.3 is 26.2 Å². The molecule has 4 rings (SSSR count).